The van der Waals surface area contributed by atoms with E-state index in [0.29, 0.717) is 0 Å². The van der Waals surface area contributed by atoms with Crippen LogP contribution in [-0.4, -0.2) is 42.5 Å². The zero-order valence-corrected chi connectivity index (χ0v) is 15.5. The fourth-order valence-corrected chi connectivity index (χ4v) is 3.77. The van der Waals surface area contributed by atoms with Crippen LogP contribution in [0.2, 0.25) is 0 Å². The predicted molar refractivity (Wildman–Crippen MR) is 97.4 cm³/mol. The SMILES string of the molecule is Cc1cc(C)nc(SC[C@@H]2C[NH2+][C@H](c3ccc(N(C)C)cc3)O2)n1. The fourth-order valence-electron chi connectivity index (χ4n) is 2.80. The molecule has 1 aromatic heterocycles. The summed E-state index contributed by atoms with van der Waals surface area (Å²) in [5.74, 6) is 0.881. The third-order valence-corrected chi connectivity index (χ3v) is 5.03. The van der Waals surface area contributed by atoms with Crippen molar-refractivity contribution in [2.24, 2.45) is 0 Å². The van der Waals surface area contributed by atoms with E-state index in [-0.39, 0.29) is 12.3 Å². The molecule has 0 bridgehead atoms. The number of thioether (sulfide) groups is 1. The van der Waals surface area contributed by atoms with Crippen LogP contribution in [0.3, 0.4) is 0 Å². The first-order valence-electron chi connectivity index (χ1n) is 8.22. The van der Waals surface area contributed by atoms with Crippen molar-refractivity contribution in [3.63, 3.8) is 0 Å². The number of aryl methyl sites for hydroxylation is 2. The Morgan fingerprint density at radius 2 is 1.83 bits per heavy atom. The first kappa shape index (κ1) is 17.2. The molecule has 6 heteroatoms. The van der Waals surface area contributed by atoms with Gasteiger partial charge in [0.1, 0.15) is 12.6 Å². The first-order valence-corrected chi connectivity index (χ1v) is 9.21. The third kappa shape index (κ3) is 4.26. The second-order valence-corrected chi connectivity index (χ2v) is 7.37. The number of rotatable bonds is 5. The molecular formula is C18H25N4OS+. The fraction of sp³-hybridized carbons (Fsp3) is 0.444. The van der Waals surface area contributed by atoms with Gasteiger partial charge in [0.05, 0.1) is 0 Å². The van der Waals surface area contributed by atoms with Gasteiger partial charge in [0.25, 0.3) is 0 Å². The molecule has 3 rings (SSSR count). The van der Waals surface area contributed by atoms with Crippen molar-refractivity contribution >= 4 is 17.4 Å². The van der Waals surface area contributed by atoms with Gasteiger partial charge in [-0.1, -0.05) is 11.8 Å². The number of hydrogen-bond acceptors (Lipinski definition) is 5. The zero-order valence-electron chi connectivity index (χ0n) is 14.7. The Balaban J connectivity index is 1.55. The highest BCUT2D eigenvalue weighted by Crippen LogP contribution is 2.23. The van der Waals surface area contributed by atoms with Crippen LogP contribution in [0.4, 0.5) is 5.69 Å². The number of anilines is 1. The van der Waals surface area contributed by atoms with Gasteiger partial charge in [-0.15, -0.1) is 0 Å². The topological polar surface area (TPSA) is 54.9 Å². The van der Waals surface area contributed by atoms with Crippen molar-refractivity contribution in [3.05, 3.63) is 47.3 Å². The molecule has 1 aliphatic heterocycles. The van der Waals surface area contributed by atoms with Crippen LogP contribution >= 0.6 is 11.8 Å². The van der Waals surface area contributed by atoms with E-state index in [1.807, 2.05) is 19.9 Å². The zero-order chi connectivity index (χ0) is 17.1. The van der Waals surface area contributed by atoms with Crippen molar-refractivity contribution in [3.8, 4) is 0 Å². The molecule has 0 spiro atoms. The molecule has 1 aromatic carbocycles. The summed E-state index contributed by atoms with van der Waals surface area (Å²) >= 11 is 1.68. The molecule has 0 aliphatic carbocycles. The highest BCUT2D eigenvalue weighted by molar-refractivity contribution is 7.99. The van der Waals surface area contributed by atoms with Gasteiger partial charge in [0.15, 0.2) is 5.16 Å². The van der Waals surface area contributed by atoms with Crippen LogP contribution in [0.5, 0.6) is 0 Å². The summed E-state index contributed by atoms with van der Waals surface area (Å²) < 4.78 is 6.18. The molecule has 2 aromatic rings. The van der Waals surface area contributed by atoms with Crippen LogP contribution < -0.4 is 10.2 Å². The van der Waals surface area contributed by atoms with Crippen LogP contribution in [0.1, 0.15) is 23.2 Å². The molecule has 2 heterocycles. The van der Waals surface area contributed by atoms with Gasteiger partial charge < -0.3 is 15.0 Å². The van der Waals surface area contributed by atoms with Gasteiger partial charge in [-0.3, -0.25) is 0 Å². The minimum absolute atomic E-state index is 0.0898. The van der Waals surface area contributed by atoms with Gasteiger partial charge in [0.2, 0.25) is 6.23 Å². The van der Waals surface area contributed by atoms with Gasteiger partial charge in [-0.2, -0.15) is 0 Å². The van der Waals surface area contributed by atoms with E-state index < -0.39 is 0 Å². The monoisotopic (exact) mass is 345 g/mol. The maximum atomic E-state index is 6.18. The van der Waals surface area contributed by atoms with Crippen molar-refractivity contribution in [2.45, 2.75) is 31.3 Å². The minimum Gasteiger partial charge on any atom is -0.378 e. The lowest BCUT2D eigenvalue weighted by Gasteiger charge is -2.14. The van der Waals surface area contributed by atoms with Gasteiger partial charge in [-0.25, -0.2) is 9.97 Å². The predicted octanol–water partition coefficient (Wildman–Crippen LogP) is 1.91. The Hall–Kier alpha value is -1.63. The van der Waals surface area contributed by atoms with Crippen LogP contribution in [0, 0.1) is 13.8 Å². The average Bonchev–Trinajstić information content (AvgIpc) is 3.01. The molecule has 128 valence electrons. The standard InChI is InChI=1S/C18H24N4OS/c1-12-9-13(2)21-18(20-12)24-11-16-10-19-17(23-16)14-5-7-15(8-6-14)22(3)4/h5-9,16-17,19H,10-11H2,1-4H3/p+1/t16-,17-/m0/s1. The molecule has 1 fully saturated rings. The highest BCUT2D eigenvalue weighted by Gasteiger charge is 2.30. The molecule has 1 aliphatic rings. The highest BCUT2D eigenvalue weighted by atomic mass is 32.2. The van der Waals surface area contributed by atoms with Gasteiger partial charge in [-0.05, 0) is 44.2 Å². The molecule has 0 radical (unpaired) electrons. The number of hydrogen-bond donors (Lipinski definition) is 1. The van der Waals surface area contributed by atoms with E-state index >= 15 is 0 Å². The summed E-state index contributed by atoms with van der Waals surface area (Å²) in [6, 6.07) is 10.6. The lowest BCUT2D eigenvalue weighted by molar-refractivity contribution is -0.697. The maximum Gasteiger partial charge on any atom is 0.217 e. The van der Waals surface area contributed by atoms with E-state index in [0.717, 1.165) is 28.8 Å². The number of nitrogens with two attached hydrogens (primary N) is 1. The normalized spacial score (nSPS) is 20.3. The van der Waals surface area contributed by atoms with Crippen LogP contribution in [0.25, 0.3) is 0 Å². The molecule has 1 saturated heterocycles. The number of ether oxygens (including phenoxy) is 1. The second-order valence-electron chi connectivity index (χ2n) is 6.38. The van der Waals surface area contributed by atoms with E-state index in [4.69, 9.17) is 4.74 Å². The van der Waals surface area contributed by atoms with Crippen molar-refractivity contribution < 1.29 is 10.1 Å². The molecule has 2 N–H and O–H groups in total. The molecular weight excluding hydrogens is 320 g/mol. The van der Waals surface area contributed by atoms with Crippen molar-refractivity contribution in [1.29, 1.82) is 0 Å². The number of benzene rings is 1. The van der Waals surface area contributed by atoms with Gasteiger partial charge >= 0.3 is 0 Å². The Labute approximate surface area is 147 Å². The maximum absolute atomic E-state index is 6.18. The summed E-state index contributed by atoms with van der Waals surface area (Å²) in [6.07, 6.45) is 0.310. The van der Waals surface area contributed by atoms with E-state index in [1.165, 1.54) is 11.3 Å². The van der Waals surface area contributed by atoms with E-state index in [2.05, 4.69) is 58.5 Å². The minimum atomic E-state index is 0.0898. The van der Waals surface area contributed by atoms with Gasteiger partial charge in [0, 0.05) is 42.5 Å². The summed E-state index contributed by atoms with van der Waals surface area (Å²) in [6.45, 7) is 4.98. The Morgan fingerprint density at radius 3 is 2.46 bits per heavy atom. The summed E-state index contributed by atoms with van der Waals surface area (Å²) in [4.78, 5) is 11.1. The number of aromatic nitrogens is 2. The van der Waals surface area contributed by atoms with Crippen molar-refractivity contribution in [2.75, 3.05) is 31.3 Å². The Kier molecular flexibility index (Phi) is 5.38. The first-order chi connectivity index (χ1) is 11.5. The molecule has 24 heavy (non-hydrogen) atoms. The smallest absolute Gasteiger partial charge is 0.217 e. The molecule has 0 amide bonds. The van der Waals surface area contributed by atoms with Crippen LogP contribution in [0.15, 0.2) is 35.5 Å². The molecule has 0 saturated carbocycles. The summed E-state index contributed by atoms with van der Waals surface area (Å²) in [5.41, 5.74) is 4.46. The molecule has 2 atom stereocenters. The Morgan fingerprint density at radius 1 is 1.17 bits per heavy atom. The lowest BCUT2D eigenvalue weighted by atomic mass is 10.2. The average molecular weight is 345 g/mol. The molecule has 5 nitrogen and oxygen atoms in total. The molecule has 0 unspecified atom stereocenters. The second kappa shape index (κ2) is 7.51. The van der Waals surface area contributed by atoms with E-state index in [1.54, 1.807) is 11.8 Å². The number of quaternary nitrogens is 1. The van der Waals surface area contributed by atoms with Crippen molar-refractivity contribution in [1.82, 2.24) is 9.97 Å². The third-order valence-electron chi connectivity index (χ3n) is 4.05. The number of nitrogens with zero attached hydrogens (tertiary/aromatic N) is 3. The summed E-state index contributed by atoms with van der Waals surface area (Å²) in [5, 5.41) is 3.10. The largest absolute Gasteiger partial charge is 0.378 e. The van der Waals surface area contributed by atoms with Crippen LogP contribution in [-0.2, 0) is 4.74 Å². The quantitative estimate of drug-likeness (QED) is 0.663. The lowest BCUT2D eigenvalue weighted by Crippen LogP contribution is -2.82. The summed E-state index contributed by atoms with van der Waals surface area (Å²) in [7, 11) is 4.10. The van der Waals surface area contributed by atoms with E-state index in [9.17, 15) is 0 Å². The Bertz CT molecular complexity index is 670.